The molecule has 0 bridgehead atoms. The van der Waals surface area contributed by atoms with Crippen LogP contribution in [0.2, 0.25) is 0 Å². The number of carbonyl (C=O) groups is 1. The van der Waals surface area contributed by atoms with E-state index in [0.717, 1.165) is 35.4 Å². The highest BCUT2D eigenvalue weighted by molar-refractivity contribution is 5.76. The summed E-state index contributed by atoms with van der Waals surface area (Å²) >= 11 is 0. The first-order valence-electron chi connectivity index (χ1n) is 9.30. The summed E-state index contributed by atoms with van der Waals surface area (Å²) in [6.45, 7) is 1.80. The van der Waals surface area contributed by atoms with Gasteiger partial charge < -0.3 is 14.6 Å². The fourth-order valence-electron chi connectivity index (χ4n) is 3.53. The van der Waals surface area contributed by atoms with Crippen LogP contribution in [0.1, 0.15) is 31.0 Å². The highest BCUT2D eigenvalue weighted by Crippen LogP contribution is 2.28. The topological polar surface area (TPSA) is 58.2 Å². The first-order chi connectivity index (χ1) is 13.2. The van der Waals surface area contributed by atoms with Gasteiger partial charge in [-0.05, 0) is 43.2 Å². The molecule has 27 heavy (non-hydrogen) atoms. The number of piperidine rings is 1. The van der Waals surface area contributed by atoms with Crippen LogP contribution in [-0.2, 0) is 4.79 Å². The number of likely N-dealkylation sites (tertiary alicyclic amines) is 1. The molecule has 1 saturated heterocycles. The lowest BCUT2D eigenvalue weighted by molar-refractivity contribution is -0.132. The number of H-pyrrole nitrogens is 1. The lowest BCUT2D eigenvalue weighted by Crippen LogP contribution is -2.38. The van der Waals surface area contributed by atoms with Gasteiger partial charge in [0.25, 0.3) is 0 Å². The fourth-order valence-corrected chi connectivity index (χ4v) is 3.53. The third-order valence-corrected chi connectivity index (χ3v) is 5.02. The Morgan fingerprint density at radius 2 is 1.96 bits per heavy atom. The number of benzene rings is 2. The number of halogens is 1. The number of carbonyl (C=O) groups excluding carboxylic acids is 1. The van der Waals surface area contributed by atoms with Gasteiger partial charge in [0.05, 0.1) is 24.1 Å². The zero-order valence-corrected chi connectivity index (χ0v) is 15.0. The normalized spacial score (nSPS) is 15.2. The van der Waals surface area contributed by atoms with Gasteiger partial charge in [-0.2, -0.15) is 0 Å². The monoisotopic (exact) mass is 367 g/mol. The number of amides is 1. The molecule has 1 aromatic heterocycles. The van der Waals surface area contributed by atoms with E-state index < -0.39 is 0 Å². The molecule has 0 radical (unpaired) electrons. The molecule has 5 nitrogen and oxygen atoms in total. The zero-order valence-electron chi connectivity index (χ0n) is 15.0. The average Bonchev–Trinajstić information content (AvgIpc) is 3.12. The van der Waals surface area contributed by atoms with Crippen molar-refractivity contribution in [1.82, 2.24) is 14.9 Å². The molecule has 1 aliphatic heterocycles. The van der Waals surface area contributed by atoms with Crippen molar-refractivity contribution in [3.8, 4) is 5.75 Å². The van der Waals surface area contributed by atoms with Gasteiger partial charge in [0.2, 0.25) is 5.91 Å². The van der Waals surface area contributed by atoms with Crippen LogP contribution in [0.3, 0.4) is 0 Å². The van der Waals surface area contributed by atoms with E-state index in [1.807, 2.05) is 35.2 Å². The molecule has 1 aliphatic rings. The molecule has 1 amide bonds. The Kier molecular flexibility index (Phi) is 5.05. The van der Waals surface area contributed by atoms with Gasteiger partial charge in [0.1, 0.15) is 17.4 Å². The molecule has 0 spiro atoms. The minimum Gasteiger partial charge on any atom is -0.493 e. The Morgan fingerprint density at radius 1 is 1.19 bits per heavy atom. The first-order valence-corrected chi connectivity index (χ1v) is 9.30. The minimum atomic E-state index is -0.268. The lowest BCUT2D eigenvalue weighted by Gasteiger charge is -2.31. The van der Waals surface area contributed by atoms with Gasteiger partial charge >= 0.3 is 0 Å². The molecule has 0 aliphatic carbocycles. The largest absolute Gasteiger partial charge is 0.493 e. The first kappa shape index (κ1) is 17.5. The number of nitrogens with zero attached hydrogens (tertiary/aromatic N) is 2. The maximum Gasteiger partial charge on any atom is 0.225 e. The number of ether oxygens (including phenoxy) is 1. The summed E-state index contributed by atoms with van der Waals surface area (Å²) in [7, 11) is 0. The molecular weight excluding hydrogens is 345 g/mol. The predicted molar refractivity (Wildman–Crippen MR) is 101 cm³/mol. The van der Waals surface area contributed by atoms with Crippen molar-refractivity contribution < 1.29 is 13.9 Å². The van der Waals surface area contributed by atoms with Gasteiger partial charge in [-0.15, -0.1) is 0 Å². The van der Waals surface area contributed by atoms with Crippen LogP contribution in [0.5, 0.6) is 5.75 Å². The Morgan fingerprint density at radius 3 is 2.74 bits per heavy atom. The summed E-state index contributed by atoms with van der Waals surface area (Å²) in [4.78, 5) is 22.1. The van der Waals surface area contributed by atoms with E-state index in [-0.39, 0.29) is 17.6 Å². The highest BCUT2D eigenvalue weighted by atomic mass is 19.1. The van der Waals surface area contributed by atoms with E-state index in [1.54, 1.807) is 6.07 Å². The second-order valence-corrected chi connectivity index (χ2v) is 6.85. The molecule has 140 valence electrons. The van der Waals surface area contributed by atoms with Crippen molar-refractivity contribution in [2.75, 3.05) is 19.7 Å². The maximum absolute atomic E-state index is 13.3. The zero-order chi connectivity index (χ0) is 18.6. The van der Waals surface area contributed by atoms with E-state index in [0.29, 0.717) is 26.1 Å². The Hall–Kier alpha value is -2.89. The van der Waals surface area contributed by atoms with Gasteiger partial charge in [0, 0.05) is 19.0 Å². The van der Waals surface area contributed by atoms with E-state index in [2.05, 4.69) is 9.97 Å². The van der Waals surface area contributed by atoms with Crippen molar-refractivity contribution >= 4 is 16.9 Å². The lowest BCUT2D eigenvalue weighted by atomic mass is 9.96. The second-order valence-electron chi connectivity index (χ2n) is 6.85. The second kappa shape index (κ2) is 7.78. The Bertz CT molecular complexity index is 918. The summed E-state index contributed by atoms with van der Waals surface area (Å²) in [5.41, 5.74) is 1.50. The highest BCUT2D eigenvalue weighted by Gasteiger charge is 2.25. The Labute approximate surface area is 157 Å². The number of aromatic nitrogens is 2. The van der Waals surface area contributed by atoms with Crippen molar-refractivity contribution in [1.29, 1.82) is 0 Å². The standard InChI is InChI=1S/C21H22FN3O2/c22-16-6-7-18-19(14-16)24-21(23-18)15-8-11-25(12-9-15)20(26)10-13-27-17-4-2-1-3-5-17/h1-7,14-15H,8-13H2,(H,23,24). The van der Waals surface area contributed by atoms with Crippen LogP contribution < -0.4 is 4.74 Å². The van der Waals surface area contributed by atoms with Crippen molar-refractivity contribution in [3.63, 3.8) is 0 Å². The quantitative estimate of drug-likeness (QED) is 0.745. The number of imidazole rings is 1. The molecule has 2 heterocycles. The van der Waals surface area contributed by atoms with Crippen LogP contribution >= 0.6 is 0 Å². The van der Waals surface area contributed by atoms with E-state index in [9.17, 15) is 9.18 Å². The molecule has 2 aromatic carbocycles. The number of rotatable bonds is 5. The molecule has 0 saturated carbocycles. The number of fused-ring (bicyclic) bond motifs is 1. The van der Waals surface area contributed by atoms with E-state index in [1.165, 1.54) is 12.1 Å². The number of hydrogen-bond donors (Lipinski definition) is 1. The number of nitrogens with one attached hydrogen (secondary N) is 1. The van der Waals surface area contributed by atoms with Gasteiger partial charge in [0.15, 0.2) is 0 Å². The summed E-state index contributed by atoms with van der Waals surface area (Å²) in [5, 5.41) is 0. The number of para-hydroxylation sites is 1. The van der Waals surface area contributed by atoms with Crippen LogP contribution in [0.25, 0.3) is 11.0 Å². The average molecular weight is 367 g/mol. The molecule has 1 fully saturated rings. The molecule has 3 aromatic rings. The summed E-state index contributed by atoms with van der Waals surface area (Å²) in [6, 6.07) is 14.1. The van der Waals surface area contributed by atoms with Crippen molar-refractivity contribution in [2.24, 2.45) is 0 Å². The van der Waals surface area contributed by atoms with Crippen LogP contribution in [-0.4, -0.2) is 40.5 Å². The van der Waals surface area contributed by atoms with Crippen LogP contribution in [0.4, 0.5) is 4.39 Å². The molecular formula is C21H22FN3O2. The number of aromatic amines is 1. The van der Waals surface area contributed by atoms with Crippen molar-refractivity contribution in [2.45, 2.75) is 25.2 Å². The van der Waals surface area contributed by atoms with Gasteiger partial charge in [-0.3, -0.25) is 4.79 Å². The molecule has 6 heteroatoms. The summed E-state index contributed by atoms with van der Waals surface area (Å²) in [5.74, 6) is 1.79. The molecule has 1 N–H and O–H groups in total. The minimum absolute atomic E-state index is 0.121. The third-order valence-electron chi connectivity index (χ3n) is 5.02. The van der Waals surface area contributed by atoms with Crippen molar-refractivity contribution in [3.05, 3.63) is 60.2 Å². The van der Waals surface area contributed by atoms with Gasteiger partial charge in [-0.1, -0.05) is 18.2 Å². The molecule has 0 unspecified atom stereocenters. The fraction of sp³-hybridized carbons (Fsp3) is 0.333. The van der Waals surface area contributed by atoms with Gasteiger partial charge in [-0.25, -0.2) is 9.37 Å². The van der Waals surface area contributed by atoms with Crippen LogP contribution in [0, 0.1) is 5.82 Å². The Balaban J connectivity index is 1.28. The maximum atomic E-state index is 13.3. The third kappa shape index (κ3) is 4.10. The number of hydrogen-bond acceptors (Lipinski definition) is 3. The summed E-state index contributed by atoms with van der Waals surface area (Å²) < 4.78 is 18.9. The van der Waals surface area contributed by atoms with Crippen LogP contribution in [0.15, 0.2) is 48.5 Å². The van der Waals surface area contributed by atoms with E-state index >= 15 is 0 Å². The predicted octanol–water partition coefficient (Wildman–Crippen LogP) is 3.88. The smallest absolute Gasteiger partial charge is 0.225 e. The SMILES string of the molecule is O=C(CCOc1ccccc1)N1CCC(c2nc3ccc(F)cc3[nH]2)CC1. The molecule has 0 atom stereocenters. The summed E-state index contributed by atoms with van der Waals surface area (Å²) in [6.07, 6.45) is 2.09. The molecule has 4 rings (SSSR count). The van der Waals surface area contributed by atoms with E-state index in [4.69, 9.17) is 4.74 Å².